The Balaban J connectivity index is 1.52. The van der Waals surface area contributed by atoms with Crippen molar-refractivity contribution < 1.29 is 28.5 Å². The summed E-state index contributed by atoms with van der Waals surface area (Å²) in [5.41, 5.74) is 2.02. The van der Waals surface area contributed by atoms with Crippen molar-refractivity contribution in [2.75, 3.05) is 20.0 Å². The zero-order valence-corrected chi connectivity index (χ0v) is 15.1. The minimum atomic E-state index is -0.632. The van der Waals surface area contributed by atoms with Crippen LogP contribution >= 0.6 is 11.6 Å². The second-order valence-electron chi connectivity index (χ2n) is 5.81. The number of carbonyl (C=O) groups is 2. The first-order chi connectivity index (χ1) is 12.4. The van der Waals surface area contributed by atoms with Gasteiger partial charge >= 0.3 is 5.97 Å². The summed E-state index contributed by atoms with van der Waals surface area (Å²) >= 11 is 5.96. The van der Waals surface area contributed by atoms with Gasteiger partial charge in [-0.25, -0.2) is 4.79 Å². The van der Waals surface area contributed by atoms with E-state index in [2.05, 4.69) is 0 Å². The van der Waals surface area contributed by atoms with Gasteiger partial charge in [0, 0.05) is 10.6 Å². The van der Waals surface area contributed by atoms with Crippen molar-refractivity contribution in [1.82, 2.24) is 0 Å². The second kappa shape index (κ2) is 7.66. The van der Waals surface area contributed by atoms with Crippen LogP contribution in [0.25, 0.3) is 0 Å². The molecule has 0 bridgehead atoms. The van der Waals surface area contributed by atoms with Gasteiger partial charge in [0.05, 0.1) is 0 Å². The molecule has 136 valence electrons. The molecule has 3 rings (SSSR count). The van der Waals surface area contributed by atoms with Crippen molar-refractivity contribution in [2.45, 2.75) is 13.8 Å². The van der Waals surface area contributed by atoms with Gasteiger partial charge in [-0.3, -0.25) is 4.79 Å². The fourth-order valence-electron chi connectivity index (χ4n) is 2.60. The molecule has 1 heterocycles. The van der Waals surface area contributed by atoms with Crippen LogP contribution in [0.1, 0.15) is 21.5 Å². The summed E-state index contributed by atoms with van der Waals surface area (Å²) in [6.45, 7) is 3.13. The number of ketones is 1. The highest BCUT2D eigenvalue weighted by atomic mass is 35.5. The summed E-state index contributed by atoms with van der Waals surface area (Å²) in [7, 11) is 0. The van der Waals surface area contributed by atoms with Crippen LogP contribution in [0.4, 0.5) is 0 Å². The zero-order valence-electron chi connectivity index (χ0n) is 14.3. The molecule has 0 aromatic heterocycles. The lowest BCUT2D eigenvalue weighted by Gasteiger charge is -2.12. The first-order valence-corrected chi connectivity index (χ1v) is 8.30. The molecule has 0 amide bonds. The molecule has 1 aliphatic rings. The quantitative estimate of drug-likeness (QED) is 0.567. The number of Topliss-reactive ketones (excluding diaryl/α,β-unsaturated/α-hetero) is 1. The Hall–Kier alpha value is -2.73. The van der Waals surface area contributed by atoms with Gasteiger partial charge in [0.25, 0.3) is 0 Å². The Bertz CT molecular complexity index is 838. The SMILES string of the molecule is Cc1cc(Cl)cc(C)c1OCC(=O)OCC(=O)c1ccc2c(c1)OCO2. The molecular weight excluding hydrogens is 360 g/mol. The van der Waals surface area contributed by atoms with E-state index in [1.54, 1.807) is 30.3 Å². The van der Waals surface area contributed by atoms with E-state index in [-0.39, 0.29) is 25.8 Å². The van der Waals surface area contributed by atoms with Gasteiger partial charge in [-0.05, 0) is 55.3 Å². The van der Waals surface area contributed by atoms with Crippen molar-refractivity contribution in [3.63, 3.8) is 0 Å². The normalized spacial score (nSPS) is 12.0. The number of hydrogen-bond acceptors (Lipinski definition) is 6. The monoisotopic (exact) mass is 376 g/mol. The predicted octanol–water partition coefficient (Wildman–Crippen LogP) is 3.49. The summed E-state index contributed by atoms with van der Waals surface area (Å²) in [5, 5.41) is 0.601. The number of halogens is 1. The molecule has 0 radical (unpaired) electrons. The molecule has 6 nitrogen and oxygen atoms in total. The van der Waals surface area contributed by atoms with Crippen LogP contribution in [0.5, 0.6) is 17.2 Å². The number of carbonyl (C=O) groups excluding carboxylic acids is 2. The molecule has 0 aliphatic carbocycles. The number of ether oxygens (including phenoxy) is 4. The maximum absolute atomic E-state index is 12.1. The number of fused-ring (bicyclic) bond motifs is 1. The molecule has 2 aromatic rings. The first kappa shape index (κ1) is 18.1. The van der Waals surface area contributed by atoms with Crippen molar-refractivity contribution in [3.8, 4) is 17.2 Å². The lowest BCUT2D eigenvalue weighted by molar-refractivity contribution is -0.144. The van der Waals surface area contributed by atoms with E-state index in [1.807, 2.05) is 13.8 Å². The number of rotatable bonds is 6. The number of benzene rings is 2. The van der Waals surface area contributed by atoms with Gasteiger partial charge in [-0.1, -0.05) is 11.6 Å². The number of esters is 1. The van der Waals surface area contributed by atoms with Crippen LogP contribution in [0.2, 0.25) is 5.02 Å². The van der Waals surface area contributed by atoms with E-state index in [9.17, 15) is 9.59 Å². The molecule has 0 saturated carbocycles. The predicted molar refractivity (Wildman–Crippen MR) is 94.3 cm³/mol. The third-order valence-electron chi connectivity index (χ3n) is 3.82. The van der Waals surface area contributed by atoms with Crippen LogP contribution in [0.3, 0.4) is 0 Å². The summed E-state index contributed by atoms with van der Waals surface area (Å²) in [4.78, 5) is 24.0. The van der Waals surface area contributed by atoms with Crippen molar-refractivity contribution in [1.29, 1.82) is 0 Å². The average Bonchev–Trinajstić information content (AvgIpc) is 3.06. The smallest absolute Gasteiger partial charge is 0.344 e. The highest BCUT2D eigenvalue weighted by Gasteiger charge is 2.17. The Kier molecular flexibility index (Phi) is 5.32. The summed E-state index contributed by atoms with van der Waals surface area (Å²) < 4.78 is 20.9. The van der Waals surface area contributed by atoms with Crippen molar-refractivity contribution >= 4 is 23.4 Å². The summed E-state index contributed by atoms with van der Waals surface area (Å²) in [6, 6.07) is 8.30. The molecule has 1 aliphatic heterocycles. The van der Waals surface area contributed by atoms with E-state index in [0.29, 0.717) is 27.8 Å². The van der Waals surface area contributed by atoms with Gasteiger partial charge in [0.15, 0.2) is 30.5 Å². The van der Waals surface area contributed by atoms with Crippen LogP contribution in [0.15, 0.2) is 30.3 Å². The topological polar surface area (TPSA) is 71.1 Å². The second-order valence-corrected chi connectivity index (χ2v) is 6.25. The molecule has 0 N–H and O–H groups in total. The maximum atomic E-state index is 12.1. The van der Waals surface area contributed by atoms with Gasteiger partial charge in [-0.2, -0.15) is 0 Å². The Labute approximate surface area is 155 Å². The molecular formula is C19H17ClO6. The van der Waals surface area contributed by atoms with Gasteiger partial charge in [-0.15, -0.1) is 0 Å². The zero-order chi connectivity index (χ0) is 18.7. The Morgan fingerprint density at radius 3 is 2.46 bits per heavy atom. The van der Waals surface area contributed by atoms with Crippen LogP contribution in [0, 0.1) is 13.8 Å². The fourth-order valence-corrected chi connectivity index (χ4v) is 2.92. The highest BCUT2D eigenvalue weighted by molar-refractivity contribution is 6.30. The van der Waals surface area contributed by atoms with Crippen LogP contribution in [-0.2, 0) is 9.53 Å². The van der Waals surface area contributed by atoms with Crippen LogP contribution < -0.4 is 14.2 Å². The average molecular weight is 377 g/mol. The van der Waals surface area contributed by atoms with E-state index < -0.39 is 5.97 Å². The Morgan fingerprint density at radius 2 is 1.73 bits per heavy atom. The fraction of sp³-hybridized carbons (Fsp3) is 0.263. The molecule has 0 fully saturated rings. The number of aryl methyl sites for hydroxylation is 2. The van der Waals surface area contributed by atoms with Gasteiger partial charge in [0.1, 0.15) is 5.75 Å². The standard InChI is InChI=1S/C19H17ClO6/c1-11-5-14(20)6-12(2)19(11)24-9-18(22)23-8-15(21)13-3-4-16-17(7-13)26-10-25-16/h3-7H,8-10H2,1-2H3. The molecule has 0 saturated heterocycles. The van der Waals surface area contributed by atoms with Crippen molar-refractivity contribution in [3.05, 3.63) is 52.0 Å². The molecule has 2 aromatic carbocycles. The minimum absolute atomic E-state index is 0.128. The summed E-state index contributed by atoms with van der Waals surface area (Å²) in [5.74, 6) is 0.691. The van der Waals surface area contributed by atoms with Gasteiger partial charge in [0.2, 0.25) is 6.79 Å². The molecule has 7 heteroatoms. The molecule has 0 spiro atoms. The number of hydrogen-bond donors (Lipinski definition) is 0. The molecule has 0 atom stereocenters. The van der Waals surface area contributed by atoms with Crippen molar-refractivity contribution in [2.24, 2.45) is 0 Å². The van der Waals surface area contributed by atoms with Crippen LogP contribution in [-0.4, -0.2) is 31.8 Å². The largest absolute Gasteiger partial charge is 0.481 e. The van der Waals surface area contributed by atoms with Gasteiger partial charge < -0.3 is 18.9 Å². The van der Waals surface area contributed by atoms with E-state index in [0.717, 1.165) is 11.1 Å². The first-order valence-electron chi connectivity index (χ1n) is 7.92. The molecule has 26 heavy (non-hydrogen) atoms. The third kappa shape index (κ3) is 4.08. The highest BCUT2D eigenvalue weighted by Crippen LogP contribution is 2.32. The maximum Gasteiger partial charge on any atom is 0.344 e. The third-order valence-corrected chi connectivity index (χ3v) is 4.04. The van der Waals surface area contributed by atoms with E-state index in [1.165, 1.54) is 0 Å². The lowest BCUT2D eigenvalue weighted by Crippen LogP contribution is -2.20. The van der Waals surface area contributed by atoms with E-state index >= 15 is 0 Å². The lowest BCUT2D eigenvalue weighted by atomic mass is 10.1. The molecule has 0 unspecified atom stereocenters. The Morgan fingerprint density at radius 1 is 1.04 bits per heavy atom. The minimum Gasteiger partial charge on any atom is -0.481 e. The van der Waals surface area contributed by atoms with E-state index in [4.69, 9.17) is 30.5 Å². The summed E-state index contributed by atoms with van der Waals surface area (Å²) in [6.07, 6.45) is 0.